The van der Waals surface area contributed by atoms with E-state index in [1.165, 1.54) is 0 Å². The first kappa shape index (κ1) is 13.6. The molecule has 0 spiro atoms. The van der Waals surface area contributed by atoms with Crippen molar-refractivity contribution < 1.29 is 4.79 Å². The molecule has 0 aliphatic carbocycles. The van der Waals surface area contributed by atoms with Gasteiger partial charge in [0.1, 0.15) is 0 Å². The number of carbonyl (C=O) groups is 1. The second-order valence-corrected chi connectivity index (χ2v) is 4.27. The molecule has 3 heteroatoms. The summed E-state index contributed by atoms with van der Waals surface area (Å²) in [6, 6.07) is 5.99. The summed E-state index contributed by atoms with van der Waals surface area (Å²) in [4.78, 5) is 12.0. The van der Waals surface area contributed by atoms with Gasteiger partial charge in [0, 0.05) is 24.3 Å². The van der Waals surface area contributed by atoms with Gasteiger partial charge in [0.2, 0.25) is 0 Å². The van der Waals surface area contributed by atoms with Gasteiger partial charge in [0.15, 0.2) is 0 Å². The van der Waals surface area contributed by atoms with E-state index >= 15 is 0 Å². The molecule has 0 fully saturated rings. The van der Waals surface area contributed by atoms with Crippen LogP contribution in [0.5, 0.6) is 0 Å². The fraction of sp³-hybridized carbons (Fsp3) is 0.500. The van der Waals surface area contributed by atoms with Crippen molar-refractivity contribution in [2.24, 2.45) is 0 Å². The lowest BCUT2D eigenvalue weighted by Gasteiger charge is -2.15. The van der Waals surface area contributed by atoms with Crippen LogP contribution in [-0.4, -0.2) is 19.0 Å². The molecule has 1 aromatic carbocycles. The highest BCUT2D eigenvalue weighted by molar-refractivity contribution is 5.95. The number of amides is 1. The minimum Gasteiger partial charge on any atom is -0.388 e. The smallest absolute Gasteiger partial charge is 0.251 e. The highest BCUT2D eigenvalue weighted by Crippen LogP contribution is 2.15. The van der Waals surface area contributed by atoms with Crippen LogP contribution in [0, 0.1) is 6.92 Å². The van der Waals surface area contributed by atoms with E-state index in [0.29, 0.717) is 0 Å². The molecule has 0 radical (unpaired) electrons. The van der Waals surface area contributed by atoms with Gasteiger partial charge in [-0.1, -0.05) is 13.8 Å². The Morgan fingerprint density at radius 3 is 2.41 bits per heavy atom. The highest BCUT2D eigenvalue weighted by Gasteiger charge is 2.11. The van der Waals surface area contributed by atoms with Crippen LogP contribution in [-0.2, 0) is 0 Å². The number of hydrogen-bond donors (Lipinski definition) is 2. The van der Waals surface area contributed by atoms with Gasteiger partial charge < -0.3 is 10.6 Å². The summed E-state index contributed by atoms with van der Waals surface area (Å²) < 4.78 is 0. The van der Waals surface area contributed by atoms with Crippen molar-refractivity contribution in [3.05, 3.63) is 29.3 Å². The fourth-order valence-corrected chi connectivity index (χ4v) is 1.85. The zero-order chi connectivity index (χ0) is 12.8. The van der Waals surface area contributed by atoms with Crippen LogP contribution in [0.2, 0.25) is 0 Å². The summed E-state index contributed by atoms with van der Waals surface area (Å²) in [5.74, 6) is 0.0180. The largest absolute Gasteiger partial charge is 0.388 e. The number of anilines is 1. The van der Waals surface area contributed by atoms with Crippen LogP contribution in [0.1, 0.15) is 42.6 Å². The lowest BCUT2D eigenvalue weighted by Crippen LogP contribution is -2.33. The molecule has 17 heavy (non-hydrogen) atoms. The summed E-state index contributed by atoms with van der Waals surface area (Å²) >= 11 is 0. The summed E-state index contributed by atoms with van der Waals surface area (Å²) in [5.41, 5.74) is 2.88. The molecule has 1 rings (SSSR count). The number of aryl methyl sites for hydroxylation is 1. The van der Waals surface area contributed by atoms with E-state index in [9.17, 15) is 4.79 Å². The molecule has 0 atom stereocenters. The van der Waals surface area contributed by atoms with E-state index in [1.807, 2.05) is 32.2 Å². The third kappa shape index (κ3) is 3.48. The molecule has 0 unspecified atom stereocenters. The van der Waals surface area contributed by atoms with Crippen LogP contribution in [0.4, 0.5) is 5.69 Å². The van der Waals surface area contributed by atoms with Crippen molar-refractivity contribution in [2.45, 2.75) is 39.7 Å². The molecule has 0 saturated carbocycles. The van der Waals surface area contributed by atoms with Crippen molar-refractivity contribution in [1.29, 1.82) is 0 Å². The average molecular weight is 234 g/mol. The Morgan fingerprint density at radius 1 is 1.29 bits per heavy atom. The molecule has 0 aliphatic heterocycles. The zero-order valence-electron chi connectivity index (χ0n) is 11.1. The van der Waals surface area contributed by atoms with Crippen LogP contribution in [0.25, 0.3) is 0 Å². The molecule has 3 nitrogen and oxygen atoms in total. The minimum atomic E-state index is 0.0180. The summed E-state index contributed by atoms with van der Waals surface area (Å²) in [7, 11) is 1.88. The van der Waals surface area contributed by atoms with E-state index in [4.69, 9.17) is 0 Å². The second-order valence-electron chi connectivity index (χ2n) is 4.27. The summed E-state index contributed by atoms with van der Waals surface area (Å²) in [6.07, 6.45) is 1.94. The summed E-state index contributed by atoms with van der Waals surface area (Å²) in [6.45, 7) is 6.17. The van der Waals surface area contributed by atoms with Crippen molar-refractivity contribution in [2.75, 3.05) is 12.4 Å². The Labute approximate surface area is 104 Å². The Morgan fingerprint density at radius 2 is 1.94 bits per heavy atom. The predicted molar refractivity (Wildman–Crippen MR) is 72.6 cm³/mol. The van der Waals surface area contributed by atoms with Gasteiger partial charge in [-0.15, -0.1) is 0 Å². The summed E-state index contributed by atoms with van der Waals surface area (Å²) in [5, 5.41) is 6.13. The lowest BCUT2D eigenvalue weighted by molar-refractivity contribution is 0.0935. The zero-order valence-corrected chi connectivity index (χ0v) is 11.1. The normalized spacial score (nSPS) is 10.4. The van der Waals surface area contributed by atoms with Gasteiger partial charge in [0.25, 0.3) is 5.91 Å². The van der Waals surface area contributed by atoms with Crippen molar-refractivity contribution in [3.63, 3.8) is 0 Å². The van der Waals surface area contributed by atoms with Gasteiger partial charge >= 0.3 is 0 Å². The van der Waals surface area contributed by atoms with Crippen molar-refractivity contribution in [1.82, 2.24) is 5.32 Å². The Hall–Kier alpha value is -1.51. The molecular weight excluding hydrogens is 212 g/mol. The van der Waals surface area contributed by atoms with Gasteiger partial charge in [-0.25, -0.2) is 0 Å². The number of carbonyl (C=O) groups excluding carboxylic acids is 1. The van der Waals surface area contributed by atoms with Gasteiger partial charge in [-0.3, -0.25) is 4.79 Å². The first-order valence-corrected chi connectivity index (χ1v) is 6.21. The molecule has 2 N–H and O–H groups in total. The number of nitrogens with one attached hydrogen (secondary N) is 2. The van der Waals surface area contributed by atoms with Crippen LogP contribution in [0.3, 0.4) is 0 Å². The van der Waals surface area contributed by atoms with E-state index < -0.39 is 0 Å². The maximum atomic E-state index is 12.0. The molecule has 0 aliphatic rings. The Kier molecular flexibility index (Phi) is 5.01. The lowest BCUT2D eigenvalue weighted by atomic mass is 10.1. The van der Waals surface area contributed by atoms with Crippen LogP contribution in [0.15, 0.2) is 18.2 Å². The average Bonchev–Trinajstić information content (AvgIpc) is 2.35. The SMILES string of the molecule is CCC(CC)NC(=O)c1ccc(NC)c(C)c1. The highest BCUT2D eigenvalue weighted by atomic mass is 16.1. The molecule has 0 bridgehead atoms. The monoisotopic (exact) mass is 234 g/mol. The van der Waals surface area contributed by atoms with E-state index in [0.717, 1.165) is 29.7 Å². The van der Waals surface area contributed by atoms with E-state index in [1.54, 1.807) is 0 Å². The minimum absolute atomic E-state index is 0.0180. The molecule has 0 heterocycles. The van der Waals surface area contributed by atoms with Crippen LogP contribution < -0.4 is 10.6 Å². The van der Waals surface area contributed by atoms with Gasteiger partial charge in [-0.05, 0) is 43.5 Å². The van der Waals surface area contributed by atoms with Crippen molar-refractivity contribution in [3.8, 4) is 0 Å². The van der Waals surface area contributed by atoms with Gasteiger partial charge in [0.05, 0.1) is 0 Å². The molecule has 0 saturated heterocycles. The van der Waals surface area contributed by atoms with E-state index in [-0.39, 0.29) is 11.9 Å². The maximum Gasteiger partial charge on any atom is 0.251 e. The van der Waals surface area contributed by atoms with Crippen LogP contribution >= 0.6 is 0 Å². The molecule has 1 amide bonds. The first-order chi connectivity index (χ1) is 8.12. The molecule has 0 aromatic heterocycles. The Bertz CT molecular complexity index is 384. The molecule has 1 aromatic rings. The topological polar surface area (TPSA) is 41.1 Å². The maximum absolute atomic E-state index is 12.0. The second kappa shape index (κ2) is 6.28. The fourth-order valence-electron chi connectivity index (χ4n) is 1.85. The molecular formula is C14H22N2O. The third-order valence-corrected chi connectivity index (χ3v) is 3.08. The van der Waals surface area contributed by atoms with E-state index in [2.05, 4.69) is 24.5 Å². The van der Waals surface area contributed by atoms with Crippen molar-refractivity contribution >= 4 is 11.6 Å². The standard InChI is InChI=1S/C14H22N2O/c1-5-12(6-2)16-14(17)11-7-8-13(15-4)10(3)9-11/h7-9,12,15H,5-6H2,1-4H3,(H,16,17). The Balaban J connectivity index is 2.79. The quantitative estimate of drug-likeness (QED) is 0.822. The number of rotatable bonds is 5. The first-order valence-electron chi connectivity index (χ1n) is 6.21. The third-order valence-electron chi connectivity index (χ3n) is 3.08. The van der Waals surface area contributed by atoms with Gasteiger partial charge in [-0.2, -0.15) is 0 Å². The number of benzene rings is 1. The number of hydrogen-bond acceptors (Lipinski definition) is 2. The molecule has 94 valence electrons. The predicted octanol–water partition coefficient (Wildman–Crippen LogP) is 2.96.